The molecule has 11 heteroatoms. The molecule has 0 bridgehead atoms. The number of benzene rings is 2. The molecule has 4 rings (SSSR count). The van der Waals surface area contributed by atoms with E-state index in [1.807, 2.05) is 0 Å². The smallest absolute Gasteiger partial charge is 0.378 e. The number of hydrogen-bond acceptors (Lipinski definition) is 3. The van der Waals surface area contributed by atoms with E-state index in [1.165, 1.54) is 6.08 Å². The van der Waals surface area contributed by atoms with Crippen molar-refractivity contribution in [3.05, 3.63) is 72.6 Å². The Morgan fingerprint density at radius 2 is 1.75 bits per heavy atom. The van der Waals surface area contributed by atoms with Gasteiger partial charge in [0, 0.05) is 23.6 Å². The third-order valence-electron chi connectivity index (χ3n) is 6.44. The maximum Gasteiger partial charge on any atom is 0.399 e. The molecule has 1 unspecified atom stereocenters. The molecule has 2 aromatic carbocycles. The number of amides is 1. The second-order valence-electron chi connectivity index (χ2n) is 8.89. The highest BCUT2D eigenvalue weighted by Gasteiger charge is 2.39. The maximum atomic E-state index is 13.8. The van der Waals surface area contributed by atoms with Gasteiger partial charge in [-0.1, -0.05) is 53.0 Å². The minimum absolute atomic E-state index is 0.00306. The summed E-state index contributed by atoms with van der Waals surface area (Å²) in [6.45, 7) is 3.37. The number of nitrogens with one attached hydrogen (secondary N) is 1. The zero-order chi connectivity index (χ0) is 26.0. The molecule has 2 aliphatic rings. The van der Waals surface area contributed by atoms with Gasteiger partial charge in [-0.25, -0.2) is 0 Å². The molecule has 36 heavy (non-hydrogen) atoms. The summed E-state index contributed by atoms with van der Waals surface area (Å²) in [4.78, 5) is 15.2. The minimum atomic E-state index is -4.57. The van der Waals surface area contributed by atoms with Gasteiger partial charge in [-0.05, 0) is 64.2 Å². The van der Waals surface area contributed by atoms with Crippen LogP contribution in [0.2, 0.25) is 15.1 Å². The third kappa shape index (κ3) is 6.58. The molecule has 2 aliphatic heterocycles. The molecule has 194 valence electrons. The van der Waals surface area contributed by atoms with Crippen molar-refractivity contribution >= 4 is 62.7 Å². The number of ether oxygens (including phenoxy) is 1. The van der Waals surface area contributed by atoms with E-state index in [9.17, 15) is 18.0 Å². The van der Waals surface area contributed by atoms with Gasteiger partial charge >= 0.3 is 6.18 Å². The molecule has 2 saturated heterocycles. The van der Waals surface area contributed by atoms with Gasteiger partial charge in [0.2, 0.25) is 0 Å². The van der Waals surface area contributed by atoms with Crippen LogP contribution in [0.1, 0.15) is 40.2 Å². The number of halogens is 7. The molecule has 2 fully saturated rings. The van der Waals surface area contributed by atoms with E-state index in [0.717, 1.165) is 57.4 Å². The standard InChI is InChI=1S/C25H23BrCl3F3N2O2/c26-20-9-14(2-4-19(25(30,31)32)15-10-21(27)23(29)22(28)11-15)1-3-18(20)24(35)33-16-5-7-34(8-6-16)17-12-36-13-17/h1-4,9-11,16-17,19H,5-8,12-13H2,(H,33,35). The first-order chi connectivity index (χ1) is 17.0. The van der Waals surface area contributed by atoms with E-state index in [1.54, 1.807) is 18.2 Å². The lowest BCUT2D eigenvalue weighted by molar-refractivity contribution is -0.139. The monoisotopic (exact) mass is 624 g/mol. The molecule has 2 aromatic rings. The average Bonchev–Trinajstić information content (AvgIpc) is 2.76. The topological polar surface area (TPSA) is 41.6 Å². The summed E-state index contributed by atoms with van der Waals surface area (Å²) in [5.41, 5.74) is 0.796. The number of rotatable bonds is 6. The minimum Gasteiger partial charge on any atom is -0.378 e. The quantitative estimate of drug-likeness (QED) is 0.341. The van der Waals surface area contributed by atoms with E-state index in [0.29, 0.717) is 21.6 Å². The van der Waals surface area contributed by atoms with Crippen molar-refractivity contribution in [3.63, 3.8) is 0 Å². The van der Waals surface area contributed by atoms with E-state index in [2.05, 4.69) is 26.1 Å². The first kappa shape index (κ1) is 27.7. The third-order valence-corrected chi connectivity index (χ3v) is 8.29. The molecule has 1 atom stereocenters. The van der Waals surface area contributed by atoms with Crippen molar-refractivity contribution < 1.29 is 22.7 Å². The molecule has 0 spiro atoms. The molecular formula is C25H23BrCl3F3N2O2. The first-order valence-electron chi connectivity index (χ1n) is 11.3. The average molecular weight is 627 g/mol. The number of carbonyl (C=O) groups excluding carboxylic acids is 1. The summed E-state index contributed by atoms with van der Waals surface area (Å²) >= 11 is 21.1. The first-order valence-corrected chi connectivity index (χ1v) is 13.3. The molecule has 2 heterocycles. The van der Waals surface area contributed by atoms with Gasteiger partial charge in [-0.2, -0.15) is 13.2 Å². The number of piperidine rings is 1. The van der Waals surface area contributed by atoms with Gasteiger partial charge in [0.1, 0.15) is 0 Å². The number of allylic oxidation sites excluding steroid dienone is 1. The number of likely N-dealkylation sites (tertiary alicyclic amines) is 1. The normalized spacial score (nSPS) is 18.9. The Morgan fingerprint density at radius 1 is 1.11 bits per heavy atom. The molecule has 1 amide bonds. The highest BCUT2D eigenvalue weighted by atomic mass is 79.9. The summed E-state index contributed by atoms with van der Waals surface area (Å²) in [7, 11) is 0. The van der Waals surface area contributed by atoms with E-state index in [-0.39, 0.29) is 32.6 Å². The summed E-state index contributed by atoms with van der Waals surface area (Å²) in [6, 6.07) is 7.69. The molecule has 0 saturated carbocycles. The van der Waals surface area contributed by atoms with Crippen LogP contribution in [-0.4, -0.2) is 55.4 Å². The number of nitrogens with zero attached hydrogens (tertiary/aromatic N) is 1. The summed E-state index contributed by atoms with van der Waals surface area (Å²) in [5.74, 6) is -2.16. The van der Waals surface area contributed by atoms with Gasteiger partial charge in [0.05, 0.1) is 45.8 Å². The van der Waals surface area contributed by atoms with Crippen LogP contribution in [0.5, 0.6) is 0 Å². The molecule has 0 radical (unpaired) electrons. The van der Waals surface area contributed by atoms with E-state index < -0.39 is 12.1 Å². The number of hydrogen-bond donors (Lipinski definition) is 1. The maximum absolute atomic E-state index is 13.8. The molecule has 0 aliphatic carbocycles. The zero-order valence-electron chi connectivity index (χ0n) is 18.9. The molecule has 0 aromatic heterocycles. The summed E-state index contributed by atoms with van der Waals surface area (Å²) in [5, 5.41) is 2.97. The Balaban J connectivity index is 1.43. The predicted molar refractivity (Wildman–Crippen MR) is 140 cm³/mol. The second-order valence-corrected chi connectivity index (χ2v) is 10.9. The lowest BCUT2D eigenvalue weighted by atomic mass is 9.97. The van der Waals surface area contributed by atoms with Crippen molar-refractivity contribution in [2.45, 2.75) is 37.0 Å². The Morgan fingerprint density at radius 3 is 2.28 bits per heavy atom. The van der Waals surface area contributed by atoms with Crippen LogP contribution < -0.4 is 5.32 Å². The van der Waals surface area contributed by atoms with Crippen molar-refractivity contribution in [2.75, 3.05) is 26.3 Å². The van der Waals surface area contributed by atoms with Crippen LogP contribution in [0, 0.1) is 0 Å². The van der Waals surface area contributed by atoms with Crippen LogP contribution >= 0.6 is 50.7 Å². The van der Waals surface area contributed by atoms with E-state index in [4.69, 9.17) is 39.5 Å². The summed E-state index contributed by atoms with van der Waals surface area (Å²) in [6.07, 6.45) is -0.481. The molecular weight excluding hydrogens is 604 g/mol. The van der Waals surface area contributed by atoms with Gasteiger partial charge in [-0.3, -0.25) is 9.69 Å². The number of alkyl halides is 3. The van der Waals surface area contributed by atoms with Crippen molar-refractivity contribution in [3.8, 4) is 0 Å². The van der Waals surface area contributed by atoms with Crippen LogP contribution in [-0.2, 0) is 4.74 Å². The second kappa shape index (κ2) is 11.6. The molecule has 4 nitrogen and oxygen atoms in total. The van der Waals surface area contributed by atoms with Gasteiger partial charge < -0.3 is 10.1 Å². The highest BCUT2D eigenvalue weighted by Crippen LogP contribution is 2.41. The Bertz CT molecular complexity index is 1130. The Hall–Kier alpha value is -1.29. The number of carbonyl (C=O) groups is 1. The van der Waals surface area contributed by atoms with Crippen LogP contribution in [0.25, 0.3) is 6.08 Å². The fourth-order valence-electron chi connectivity index (χ4n) is 4.30. The summed E-state index contributed by atoms with van der Waals surface area (Å²) < 4.78 is 47.1. The van der Waals surface area contributed by atoms with Crippen LogP contribution in [0.4, 0.5) is 13.2 Å². The van der Waals surface area contributed by atoms with Crippen molar-refractivity contribution in [1.29, 1.82) is 0 Å². The lowest BCUT2D eigenvalue weighted by Gasteiger charge is -2.41. The SMILES string of the molecule is O=C(NC1CCN(C2COC2)CC1)c1ccc(C=CC(c2cc(Cl)c(Cl)c(Cl)c2)C(F)(F)F)cc1Br. The fraction of sp³-hybridized carbons (Fsp3) is 0.400. The Kier molecular flexibility index (Phi) is 8.95. The van der Waals surface area contributed by atoms with E-state index >= 15 is 0 Å². The van der Waals surface area contributed by atoms with Gasteiger partial charge in [0.25, 0.3) is 5.91 Å². The predicted octanol–water partition coefficient (Wildman–Crippen LogP) is 7.36. The van der Waals surface area contributed by atoms with Gasteiger partial charge in [-0.15, -0.1) is 0 Å². The Labute approximate surface area is 230 Å². The largest absolute Gasteiger partial charge is 0.399 e. The van der Waals surface area contributed by atoms with Crippen LogP contribution in [0.15, 0.2) is 40.9 Å². The lowest BCUT2D eigenvalue weighted by Crippen LogP contribution is -2.54. The molecule has 1 N–H and O–H groups in total. The van der Waals surface area contributed by atoms with Gasteiger partial charge in [0.15, 0.2) is 0 Å². The van der Waals surface area contributed by atoms with Crippen molar-refractivity contribution in [1.82, 2.24) is 10.2 Å². The zero-order valence-corrected chi connectivity index (χ0v) is 22.8. The highest BCUT2D eigenvalue weighted by molar-refractivity contribution is 9.10. The van der Waals surface area contributed by atoms with Crippen molar-refractivity contribution in [2.24, 2.45) is 0 Å². The van der Waals surface area contributed by atoms with Crippen LogP contribution in [0.3, 0.4) is 0 Å². The fourth-order valence-corrected chi connectivity index (χ4v) is 5.49.